The molecule has 18 heteroatoms. The molecule has 2 heterocycles. The zero-order chi connectivity index (χ0) is 44.1. The van der Waals surface area contributed by atoms with Crippen LogP contribution >= 0.6 is 22.7 Å². The molecule has 0 saturated heterocycles. The Morgan fingerprint density at radius 2 is 0.921 bits per heavy atom. The van der Waals surface area contributed by atoms with Crippen LogP contribution in [0.15, 0.2) is 164 Å². The van der Waals surface area contributed by atoms with E-state index in [0.717, 1.165) is 60.5 Å². The minimum absolute atomic E-state index is 0.129. The molecule has 8 aromatic rings. The molecule has 0 atom stereocenters. The van der Waals surface area contributed by atoms with Gasteiger partial charge in [-0.3, -0.25) is 9.11 Å². The summed E-state index contributed by atoms with van der Waals surface area (Å²) >= 11 is 2.94. The quantitative estimate of drug-likeness (QED) is 0.0696. The molecule has 14 nitrogen and oxygen atoms in total. The standard InChI is InChI=1S/C45H40N8O6S4/c1-3-52(28-32-7-5-9-38(24-32)62(54,55)56)36-17-13-34(14-18-36)48-50-44-46-40-21-11-30(26-42(40)60-44)23-31-12-22-41-43(27-31)61-45(47-41)51-49-35-15-19-37(20-16-35)53(4-2)29-33-8-6-10-39(25-33)63(57,58)59/h5-22,24-27H,3-4,23,28-29H2,1-2H3,(H,54,55,56)(H,57,58,59)/b50-48+,51-49+. The Morgan fingerprint density at radius 1 is 0.508 bits per heavy atom. The van der Waals surface area contributed by atoms with Gasteiger partial charge in [-0.1, -0.05) is 59.1 Å². The molecule has 0 aliphatic heterocycles. The SMILES string of the molecule is CCN(Cc1cccc(S(=O)(=O)O)c1)c1ccc(/N=N/c2nc3ccc(Cc4ccc5nc(/N=N/c6ccc(N(CC)Cc7cccc(S(=O)(=O)O)c7)cc6)sc5c4)cc3s2)cc1. The second-order valence-corrected chi connectivity index (χ2v) is 19.3. The molecule has 0 spiro atoms. The molecule has 0 amide bonds. The number of hydrogen-bond acceptors (Lipinski definition) is 14. The summed E-state index contributed by atoms with van der Waals surface area (Å²) in [4.78, 5) is 13.3. The van der Waals surface area contributed by atoms with Crippen LogP contribution in [-0.2, 0) is 39.7 Å². The molecule has 0 unspecified atom stereocenters. The van der Waals surface area contributed by atoms with Gasteiger partial charge in [0.2, 0.25) is 10.3 Å². The van der Waals surface area contributed by atoms with Crippen LogP contribution in [0.2, 0.25) is 0 Å². The molecule has 0 fully saturated rings. The lowest BCUT2D eigenvalue weighted by atomic mass is 10.0. The van der Waals surface area contributed by atoms with E-state index in [0.29, 0.717) is 47.8 Å². The highest BCUT2D eigenvalue weighted by atomic mass is 32.2. The van der Waals surface area contributed by atoms with Crippen LogP contribution < -0.4 is 9.80 Å². The van der Waals surface area contributed by atoms with Crippen molar-refractivity contribution in [3.05, 3.63) is 156 Å². The van der Waals surface area contributed by atoms with Crippen molar-refractivity contribution in [2.45, 2.75) is 43.1 Å². The third-order valence-corrected chi connectivity index (χ3v) is 13.6. The molecule has 0 aliphatic rings. The van der Waals surface area contributed by atoms with E-state index < -0.39 is 20.2 Å². The van der Waals surface area contributed by atoms with Crippen LogP contribution in [0.25, 0.3) is 20.4 Å². The second kappa shape index (κ2) is 18.6. The second-order valence-electron chi connectivity index (χ2n) is 14.5. The van der Waals surface area contributed by atoms with Crippen LogP contribution in [0, 0.1) is 0 Å². The highest BCUT2D eigenvalue weighted by Crippen LogP contribution is 2.34. The Morgan fingerprint density at radius 3 is 1.30 bits per heavy atom. The van der Waals surface area contributed by atoms with Gasteiger partial charge in [-0.05, 0) is 140 Å². The number of azo groups is 2. The van der Waals surface area contributed by atoms with Gasteiger partial charge in [-0.2, -0.15) is 16.8 Å². The van der Waals surface area contributed by atoms with E-state index in [1.165, 1.54) is 46.9 Å². The smallest absolute Gasteiger partial charge is 0.294 e. The number of anilines is 2. The van der Waals surface area contributed by atoms with Gasteiger partial charge < -0.3 is 9.80 Å². The molecule has 0 aliphatic carbocycles. The maximum Gasteiger partial charge on any atom is 0.294 e. The highest BCUT2D eigenvalue weighted by molar-refractivity contribution is 7.86. The van der Waals surface area contributed by atoms with Crippen LogP contribution in [0.1, 0.15) is 36.1 Å². The Balaban J connectivity index is 0.878. The van der Waals surface area contributed by atoms with Crippen molar-refractivity contribution < 1.29 is 25.9 Å². The first-order valence-electron chi connectivity index (χ1n) is 19.7. The maximum atomic E-state index is 11.6. The van der Waals surface area contributed by atoms with E-state index in [4.69, 9.17) is 0 Å². The van der Waals surface area contributed by atoms with Crippen LogP contribution in [0.3, 0.4) is 0 Å². The molecule has 2 aromatic heterocycles. The molecule has 63 heavy (non-hydrogen) atoms. The maximum absolute atomic E-state index is 11.6. The predicted octanol–water partition coefficient (Wildman–Crippen LogP) is 11.9. The first-order valence-corrected chi connectivity index (χ1v) is 24.3. The monoisotopic (exact) mass is 916 g/mol. The molecular formula is C45H40N8O6S4. The summed E-state index contributed by atoms with van der Waals surface area (Å²) in [7, 11) is -8.56. The van der Waals surface area contributed by atoms with Crippen LogP contribution in [0.5, 0.6) is 0 Å². The normalized spacial score (nSPS) is 12.3. The van der Waals surface area contributed by atoms with Gasteiger partial charge >= 0.3 is 0 Å². The highest BCUT2D eigenvalue weighted by Gasteiger charge is 2.14. The third-order valence-electron chi connectivity index (χ3n) is 10.1. The summed E-state index contributed by atoms with van der Waals surface area (Å²) in [6.07, 6.45) is 0.718. The van der Waals surface area contributed by atoms with Crippen molar-refractivity contribution in [2.75, 3.05) is 22.9 Å². The van der Waals surface area contributed by atoms with Crippen LogP contribution in [0.4, 0.5) is 33.0 Å². The minimum Gasteiger partial charge on any atom is -0.367 e. The molecule has 6 aromatic carbocycles. The van der Waals surface area contributed by atoms with E-state index in [2.05, 4.69) is 64.5 Å². The van der Waals surface area contributed by atoms with E-state index in [9.17, 15) is 25.9 Å². The minimum atomic E-state index is -4.28. The van der Waals surface area contributed by atoms with E-state index >= 15 is 0 Å². The summed E-state index contributed by atoms with van der Waals surface area (Å²) in [6, 6.07) is 40.2. The molecule has 0 saturated carbocycles. The first-order chi connectivity index (χ1) is 30.3. The largest absolute Gasteiger partial charge is 0.367 e. The lowest BCUT2D eigenvalue weighted by Gasteiger charge is -2.23. The molecule has 0 bridgehead atoms. The lowest BCUT2D eigenvalue weighted by molar-refractivity contribution is 0.481. The van der Waals surface area contributed by atoms with Crippen molar-refractivity contribution >= 4 is 96.4 Å². The topological polar surface area (TPSA) is 190 Å². The summed E-state index contributed by atoms with van der Waals surface area (Å²) in [5.74, 6) is 0. The van der Waals surface area contributed by atoms with E-state index in [-0.39, 0.29) is 9.79 Å². The van der Waals surface area contributed by atoms with Crippen molar-refractivity contribution in [3.8, 4) is 0 Å². The fraction of sp³-hybridized carbons (Fsp3) is 0.156. The Hall–Kier alpha value is -6.28. The predicted molar refractivity (Wildman–Crippen MR) is 249 cm³/mol. The number of thiazole rings is 2. The average molecular weight is 917 g/mol. The van der Waals surface area contributed by atoms with Crippen molar-refractivity contribution in [1.29, 1.82) is 0 Å². The van der Waals surface area contributed by atoms with Crippen molar-refractivity contribution in [1.82, 2.24) is 9.97 Å². The van der Waals surface area contributed by atoms with Gasteiger partial charge in [0.15, 0.2) is 0 Å². The number of nitrogens with zero attached hydrogens (tertiary/aromatic N) is 8. The zero-order valence-electron chi connectivity index (χ0n) is 34.0. The van der Waals surface area contributed by atoms with Crippen LogP contribution in [-0.4, -0.2) is 49.0 Å². The summed E-state index contributed by atoms with van der Waals surface area (Å²) in [6.45, 7) is 6.33. The van der Waals surface area contributed by atoms with Crippen molar-refractivity contribution in [2.24, 2.45) is 20.5 Å². The molecule has 0 radical (unpaired) electrons. The fourth-order valence-corrected chi connectivity index (χ4v) is 9.74. The van der Waals surface area contributed by atoms with Gasteiger partial charge in [0, 0.05) is 37.6 Å². The average Bonchev–Trinajstić information content (AvgIpc) is 3.89. The van der Waals surface area contributed by atoms with Crippen molar-refractivity contribution in [3.63, 3.8) is 0 Å². The van der Waals surface area contributed by atoms with Gasteiger partial charge in [0.05, 0.1) is 41.6 Å². The molecule has 8 rings (SSSR count). The lowest BCUT2D eigenvalue weighted by Crippen LogP contribution is -2.22. The van der Waals surface area contributed by atoms with Gasteiger partial charge in [0.1, 0.15) is 0 Å². The Kier molecular flexibility index (Phi) is 12.8. The molecule has 320 valence electrons. The zero-order valence-corrected chi connectivity index (χ0v) is 37.2. The fourth-order valence-electron chi connectivity index (χ4n) is 6.94. The Bertz CT molecular complexity index is 2990. The summed E-state index contributed by atoms with van der Waals surface area (Å²) in [5, 5.41) is 18.8. The van der Waals surface area contributed by atoms with E-state index in [1.54, 1.807) is 12.1 Å². The number of fused-ring (bicyclic) bond motifs is 2. The molecule has 2 N–H and O–H groups in total. The van der Waals surface area contributed by atoms with Gasteiger partial charge in [0.25, 0.3) is 20.2 Å². The van der Waals surface area contributed by atoms with Gasteiger partial charge in [-0.15, -0.1) is 20.5 Å². The number of rotatable bonds is 16. The Labute approximate surface area is 372 Å². The number of aromatic nitrogens is 2. The summed E-state index contributed by atoms with van der Waals surface area (Å²) in [5.41, 5.74) is 8.70. The number of benzene rings is 6. The first kappa shape index (κ1) is 43.4. The molecular weight excluding hydrogens is 877 g/mol. The summed E-state index contributed by atoms with van der Waals surface area (Å²) < 4.78 is 67.3. The van der Waals surface area contributed by atoms with E-state index in [1.807, 2.05) is 86.6 Å². The third kappa shape index (κ3) is 10.9. The number of hydrogen-bond donors (Lipinski definition) is 2. The van der Waals surface area contributed by atoms with Gasteiger partial charge in [-0.25, -0.2) is 9.97 Å².